The quantitative estimate of drug-likeness (QED) is 0.853. The molecule has 0 radical (unpaired) electrons. The highest BCUT2D eigenvalue weighted by molar-refractivity contribution is 5.26. The second-order valence-corrected chi connectivity index (χ2v) is 6.03. The molecule has 2 aromatic rings. The summed E-state index contributed by atoms with van der Waals surface area (Å²) in [5, 5.41) is 10.5. The van der Waals surface area contributed by atoms with Crippen LogP contribution in [-0.4, -0.2) is 11.2 Å². The molecule has 1 nitrogen and oxygen atoms in total. The minimum Gasteiger partial charge on any atom is -0.393 e. The standard InChI is InChI=1S/C19H22O/c1-14(15-8-4-2-5-9-15)12-19(20)18-13-17(18)16-10-6-3-7-11-16/h2-11,14,17-20H,12-13H2,1H3. The van der Waals surface area contributed by atoms with Crippen LogP contribution in [0.5, 0.6) is 0 Å². The van der Waals surface area contributed by atoms with Crippen LogP contribution in [0.2, 0.25) is 0 Å². The fourth-order valence-corrected chi connectivity index (χ4v) is 3.18. The molecule has 0 saturated heterocycles. The van der Waals surface area contributed by atoms with Crippen LogP contribution in [0, 0.1) is 5.92 Å². The smallest absolute Gasteiger partial charge is 0.0580 e. The van der Waals surface area contributed by atoms with E-state index >= 15 is 0 Å². The lowest BCUT2D eigenvalue weighted by molar-refractivity contribution is 0.132. The zero-order valence-corrected chi connectivity index (χ0v) is 11.9. The summed E-state index contributed by atoms with van der Waals surface area (Å²) >= 11 is 0. The Morgan fingerprint density at radius 1 is 1.00 bits per heavy atom. The van der Waals surface area contributed by atoms with Gasteiger partial charge in [-0.15, -0.1) is 0 Å². The molecule has 2 aromatic carbocycles. The molecule has 20 heavy (non-hydrogen) atoms. The van der Waals surface area contributed by atoms with Crippen molar-refractivity contribution < 1.29 is 5.11 Å². The Kier molecular flexibility index (Phi) is 3.88. The molecule has 0 aliphatic heterocycles. The molecule has 0 spiro atoms. The van der Waals surface area contributed by atoms with Gasteiger partial charge < -0.3 is 5.11 Å². The summed E-state index contributed by atoms with van der Waals surface area (Å²) in [7, 11) is 0. The van der Waals surface area contributed by atoms with Crippen molar-refractivity contribution in [1.29, 1.82) is 0 Å². The summed E-state index contributed by atoms with van der Waals surface area (Å²) in [6.07, 6.45) is 1.81. The van der Waals surface area contributed by atoms with Crippen LogP contribution in [0.3, 0.4) is 0 Å². The molecular formula is C19H22O. The van der Waals surface area contributed by atoms with Gasteiger partial charge in [-0.3, -0.25) is 0 Å². The van der Waals surface area contributed by atoms with E-state index in [0.717, 1.165) is 12.8 Å². The number of hydrogen-bond donors (Lipinski definition) is 1. The van der Waals surface area contributed by atoms with Crippen LogP contribution in [0.4, 0.5) is 0 Å². The second-order valence-electron chi connectivity index (χ2n) is 6.03. The van der Waals surface area contributed by atoms with Crippen molar-refractivity contribution in [2.75, 3.05) is 0 Å². The zero-order chi connectivity index (χ0) is 13.9. The van der Waals surface area contributed by atoms with E-state index in [1.165, 1.54) is 11.1 Å². The molecular weight excluding hydrogens is 244 g/mol. The minimum atomic E-state index is -0.185. The van der Waals surface area contributed by atoms with Gasteiger partial charge in [0.05, 0.1) is 6.10 Å². The highest BCUT2D eigenvalue weighted by Crippen LogP contribution is 2.50. The van der Waals surface area contributed by atoms with Gasteiger partial charge in [0, 0.05) is 0 Å². The van der Waals surface area contributed by atoms with E-state index in [1.54, 1.807) is 0 Å². The molecule has 0 heterocycles. The first-order valence-electron chi connectivity index (χ1n) is 7.53. The van der Waals surface area contributed by atoms with E-state index in [-0.39, 0.29) is 6.10 Å². The van der Waals surface area contributed by atoms with E-state index in [0.29, 0.717) is 17.8 Å². The van der Waals surface area contributed by atoms with Gasteiger partial charge in [0.25, 0.3) is 0 Å². The summed E-state index contributed by atoms with van der Waals surface area (Å²) < 4.78 is 0. The number of benzene rings is 2. The third-order valence-electron chi connectivity index (χ3n) is 4.53. The van der Waals surface area contributed by atoms with Crippen molar-refractivity contribution in [2.45, 2.75) is 37.7 Å². The fourth-order valence-electron chi connectivity index (χ4n) is 3.18. The molecule has 4 unspecified atom stereocenters. The van der Waals surface area contributed by atoms with E-state index in [2.05, 4.69) is 61.5 Å². The molecule has 1 N–H and O–H groups in total. The van der Waals surface area contributed by atoms with Gasteiger partial charge in [-0.1, -0.05) is 67.6 Å². The maximum Gasteiger partial charge on any atom is 0.0580 e. The lowest BCUT2D eigenvalue weighted by atomic mass is 9.92. The molecule has 1 aliphatic carbocycles. The molecule has 1 heteroatoms. The summed E-state index contributed by atoms with van der Waals surface area (Å²) in [6, 6.07) is 21.1. The Bertz CT molecular complexity index is 534. The van der Waals surface area contributed by atoms with Crippen LogP contribution < -0.4 is 0 Å². The largest absolute Gasteiger partial charge is 0.393 e. The number of aliphatic hydroxyl groups is 1. The van der Waals surface area contributed by atoms with Gasteiger partial charge >= 0.3 is 0 Å². The van der Waals surface area contributed by atoms with Crippen molar-refractivity contribution in [2.24, 2.45) is 5.92 Å². The first kappa shape index (κ1) is 13.4. The van der Waals surface area contributed by atoms with Crippen LogP contribution in [0.15, 0.2) is 60.7 Å². The first-order valence-corrected chi connectivity index (χ1v) is 7.53. The Labute approximate surface area is 121 Å². The SMILES string of the molecule is CC(CC(O)C1CC1c1ccccc1)c1ccccc1. The minimum absolute atomic E-state index is 0.185. The van der Waals surface area contributed by atoms with Crippen LogP contribution in [0.25, 0.3) is 0 Å². The summed E-state index contributed by atoms with van der Waals surface area (Å²) in [5.74, 6) is 1.43. The predicted molar refractivity (Wildman–Crippen MR) is 82.8 cm³/mol. The Balaban J connectivity index is 1.58. The maximum atomic E-state index is 10.5. The van der Waals surface area contributed by atoms with E-state index in [9.17, 15) is 5.11 Å². The molecule has 0 aromatic heterocycles. The highest BCUT2D eigenvalue weighted by Gasteiger charge is 2.43. The van der Waals surface area contributed by atoms with Crippen molar-refractivity contribution >= 4 is 0 Å². The van der Waals surface area contributed by atoms with Crippen LogP contribution in [-0.2, 0) is 0 Å². The summed E-state index contributed by atoms with van der Waals surface area (Å²) in [6.45, 7) is 2.21. The fraction of sp³-hybridized carbons (Fsp3) is 0.368. The van der Waals surface area contributed by atoms with Crippen molar-refractivity contribution in [1.82, 2.24) is 0 Å². The Hall–Kier alpha value is -1.60. The Morgan fingerprint density at radius 2 is 1.60 bits per heavy atom. The second kappa shape index (κ2) is 5.80. The topological polar surface area (TPSA) is 20.2 Å². The van der Waals surface area contributed by atoms with Gasteiger partial charge in [0.15, 0.2) is 0 Å². The average Bonchev–Trinajstić information content (AvgIpc) is 3.29. The molecule has 0 bridgehead atoms. The molecule has 4 atom stereocenters. The maximum absolute atomic E-state index is 10.5. The third-order valence-corrected chi connectivity index (χ3v) is 4.53. The zero-order valence-electron chi connectivity index (χ0n) is 11.9. The lowest BCUT2D eigenvalue weighted by Gasteiger charge is -2.17. The van der Waals surface area contributed by atoms with Crippen molar-refractivity contribution in [3.63, 3.8) is 0 Å². The van der Waals surface area contributed by atoms with E-state index < -0.39 is 0 Å². The van der Waals surface area contributed by atoms with Crippen molar-refractivity contribution in [3.05, 3.63) is 71.8 Å². The van der Waals surface area contributed by atoms with E-state index in [4.69, 9.17) is 0 Å². The Morgan fingerprint density at radius 3 is 2.25 bits per heavy atom. The van der Waals surface area contributed by atoms with Gasteiger partial charge in [-0.05, 0) is 41.7 Å². The van der Waals surface area contributed by atoms with Crippen molar-refractivity contribution in [3.8, 4) is 0 Å². The monoisotopic (exact) mass is 266 g/mol. The predicted octanol–water partition coefficient (Wildman–Crippen LogP) is 4.34. The molecule has 1 fully saturated rings. The summed E-state index contributed by atoms with van der Waals surface area (Å²) in [5.41, 5.74) is 2.70. The van der Waals surface area contributed by atoms with Gasteiger partial charge in [-0.25, -0.2) is 0 Å². The first-order chi connectivity index (χ1) is 9.75. The van der Waals surface area contributed by atoms with Gasteiger partial charge in [0.1, 0.15) is 0 Å². The molecule has 1 saturated carbocycles. The van der Waals surface area contributed by atoms with Gasteiger partial charge in [-0.2, -0.15) is 0 Å². The number of aliphatic hydroxyl groups excluding tert-OH is 1. The number of rotatable bonds is 5. The highest BCUT2D eigenvalue weighted by atomic mass is 16.3. The summed E-state index contributed by atoms with van der Waals surface area (Å²) in [4.78, 5) is 0. The molecule has 3 rings (SSSR count). The van der Waals surface area contributed by atoms with Crippen LogP contribution in [0.1, 0.15) is 42.7 Å². The third kappa shape index (κ3) is 2.94. The molecule has 104 valence electrons. The molecule has 0 amide bonds. The molecule has 1 aliphatic rings. The van der Waals surface area contributed by atoms with E-state index in [1.807, 2.05) is 6.07 Å². The van der Waals surface area contributed by atoms with Crippen LogP contribution >= 0.6 is 0 Å². The van der Waals surface area contributed by atoms with Gasteiger partial charge in [0.2, 0.25) is 0 Å². The lowest BCUT2D eigenvalue weighted by Crippen LogP contribution is -2.14. The normalized spacial score (nSPS) is 24.1. The average molecular weight is 266 g/mol. The number of hydrogen-bond acceptors (Lipinski definition) is 1.